The summed E-state index contributed by atoms with van der Waals surface area (Å²) in [5.41, 5.74) is 11.5. The average molecular weight is 514 g/mol. The van der Waals surface area contributed by atoms with Gasteiger partial charge in [-0.1, -0.05) is 30.3 Å². The second-order valence-corrected chi connectivity index (χ2v) is 8.80. The summed E-state index contributed by atoms with van der Waals surface area (Å²) < 4.78 is 0. The van der Waals surface area contributed by atoms with Gasteiger partial charge < -0.3 is 32.5 Å². The van der Waals surface area contributed by atoms with Crippen LogP contribution < -0.4 is 27.4 Å². The molecule has 8 N–H and O–H groups in total. The molecule has 34 heavy (non-hydrogen) atoms. The Hall–Kier alpha value is -2.77. The quantitative estimate of drug-likeness (QED) is 0.140. The highest BCUT2D eigenvalue weighted by Gasteiger charge is 2.30. The van der Waals surface area contributed by atoms with Crippen molar-refractivity contribution in [2.24, 2.45) is 11.5 Å². The van der Waals surface area contributed by atoms with Crippen molar-refractivity contribution in [2.45, 2.75) is 43.4 Å². The molecule has 11 nitrogen and oxygen atoms in total. The van der Waals surface area contributed by atoms with Gasteiger partial charge in [-0.2, -0.15) is 24.4 Å². The van der Waals surface area contributed by atoms with Gasteiger partial charge in [0.15, 0.2) is 0 Å². The third-order valence-corrected chi connectivity index (χ3v) is 5.72. The Kier molecular flexibility index (Phi) is 13.1. The summed E-state index contributed by atoms with van der Waals surface area (Å²) >= 11 is 5.37. The Morgan fingerprint density at radius 2 is 1.53 bits per heavy atom. The van der Waals surface area contributed by atoms with Crippen LogP contribution in [0.25, 0.3) is 0 Å². The van der Waals surface area contributed by atoms with Gasteiger partial charge in [0.25, 0.3) is 0 Å². The molecule has 4 amide bonds. The number of hydrogen-bond acceptors (Lipinski definition) is 8. The van der Waals surface area contributed by atoms with E-state index < -0.39 is 60.2 Å². The number of nitrogens with one attached hydrogen (secondary N) is 3. The number of carboxylic acids is 1. The predicted molar refractivity (Wildman–Crippen MR) is 132 cm³/mol. The molecule has 1 aromatic carbocycles. The average Bonchev–Trinajstić information content (AvgIpc) is 2.79. The molecule has 0 saturated heterocycles. The van der Waals surface area contributed by atoms with Crippen LogP contribution in [0.4, 0.5) is 0 Å². The fourth-order valence-electron chi connectivity index (χ4n) is 2.88. The van der Waals surface area contributed by atoms with Crippen molar-refractivity contribution in [1.82, 2.24) is 16.0 Å². The van der Waals surface area contributed by atoms with Gasteiger partial charge in [0.05, 0.1) is 12.5 Å². The highest BCUT2D eigenvalue weighted by Crippen LogP contribution is 2.07. The van der Waals surface area contributed by atoms with Crippen LogP contribution in [0.15, 0.2) is 30.3 Å². The predicted octanol–water partition coefficient (Wildman–Crippen LogP) is -1.35. The van der Waals surface area contributed by atoms with Crippen LogP contribution in [0, 0.1) is 0 Å². The largest absolute Gasteiger partial charge is 0.480 e. The van der Waals surface area contributed by atoms with Gasteiger partial charge in [-0.25, -0.2) is 4.79 Å². The maximum Gasteiger partial charge on any atom is 0.327 e. The van der Waals surface area contributed by atoms with Gasteiger partial charge >= 0.3 is 5.97 Å². The molecular formula is C21H31N5O6S2. The molecule has 1 rings (SSSR count). The zero-order valence-electron chi connectivity index (χ0n) is 18.7. The van der Waals surface area contributed by atoms with Crippen molar-refractivity contribution in [3.63, 3.8) is 0 Å². The van der Waals surface area contributed by atoms with Gasteiger partial charge in [0, 0.05) is 12.2 Å². The topological polar surface area (TPSA) is 194 Å². The second-order valence-electron chi connectivity index (χ2n) is 7.45. The Morgan fingerprint density at radius 1 is 0.971 bits per heavy atom. The van der Waals surface area contributed by atoms with E-state index in [1.165, 1.54) is 11.8 Å². The SMILES string of the molecule is CSCCC(NC(=O)C(Cc1ccccc1)NC(=O)C(N)CC(N)=O)C(=O)NC(CS)C(=O)O. The lowest BCUT2D eigenvalue weighted by atomic mass is 10.0. The summed E-state index contributed by atoms with van der Waals surface area (Å²) in [6.45, 7) is 0. The normalized spacial score (nSPS) is 14.2. The summed E-state index contributed by atoms with van der Waals surface area (Å²) in [6, 6.07) is 4.22. The van der Waals surface area contributed by atoms with Gasteiger partial charge in [-0.15, -0.1) is 0 Å². The zero-order chi connectivity index (χ0) is 25.7. The number of carbonyl (C=O) groups excluding carboxylic acids is 4. The van der Waals surface area contributed by atoms with Crippen LogP contribution in [0.5, 0.6) is 0 Å². The lowest BCUT2D eigenvalue weighted by Gasteiger charge is -2.25. The highest BCUT2D eigenvalue weighted by molar-refractivity contribution is 7.98. The van der Waals surface area contributed by atoms with E-state index in [0.717, 1.165) is 5.56 Å². The molecule has 0 radical (unpaired) electrons. The first-order chi connectivity index (χ1) is 16.1. The number of rotatable bonds is 15. The fourth-order valence-corrected chi connectivity index (χ4v) is 3.60. The van der Waals surface area contributed by atoms with Crippen LogP contribution in [-0.2, 0) is 30.4 Å². The smallest absolute Gasteiger partial charge is 0.327 e. The number of hydrogen-bond donors (Lipinski definition) is 7. The van der Waals surface area contributed by atoms with E-state index in [-0.39, 0.29) is 18.6 Å². The Bertz CT molecular complexity index is 857. The minimum atomic E-state index is -1.25. The van der Waals surface area contributed by atoms with Crippen LogP contribution in [0.2, 0.25) is 0 Å². The molecule has 0 aromatic heterocycles. The van der Waals surface area contributed by atoms with Gasteiger partial charge in [-0.05, 0) is 24.0 Å². The number of amides is 4. The van der Waals surface area contributed by atoms with Crippen LogP contribution >= 0.6 is 24.4 Å². The Morgan fingerprint density at radius 3 is 2.06 bits per heavy atom. The summed E-state index contributed by atoms with van der Waals surface area (Å²) in [5.74, 6) is -3.73. The van der Waals surface area contributed by atoms with Crippen molar-refractivity contribution in [3.05, 3.63) is 35.9 Å². The number of primary amides is 1. The Labute approximate surface area is 207 Å². The van der Waals surface area contributed by atoms with Crippen molar-refractivity contribution in [3.8, 4) is 0 Å². The molecule has 188 valence electrons. The van der Waals surface area contributed by atoms with E-state index in [1.807, 2.05) is 6.26 Å². The van der Waals surface area contributed by atoms with Crippen molar-refractivity contribution in [1.29, 1.82) is 0 Å². The molecule has 1 aromatic rings. The number of aliphatic carboxylic acids is 1. The van der Waals surface area contributed by atoms with E-state index >= 15 is 0 Å². The van der Waals surface area contributed by atoms with Crippen molar-refractivity contribution >= 4 is 54.0 Å². The fraction of sp³-hybridized carbons (Fsp3) is 0.476. The molecule has 0 spiro atoms. The Balaban J connectivity index is 3.05. The van der Waals surface area contributed by atoms with E-state index in [2.05, 4.69) is 28.6 Å². The molecule has 4 atom stereocenters. The van der Waals surface area contributed by atoms with Crippen LogP contribution in [0.1, 0.15) is 18.4 Å². The highest BCUT2D eigenvalue weighted by atomic mass is 32.2. The third-order valence-electron chi connectivity index (χ3n) is 4.71. The standard InChI is InChI=1S/C21H31N5O6S2/c1-34-8-7-14(19(29)26-16(11-33)21(31)32)24-20(30)15(9-12-5-3-2-4-6-12)25-18(28)13(22)10-17(23)27/h2-6,13-16,33H,7-11,22H2,1H3,(H2,23,27)(H,24,30)(H,25,28)(H,26,29)(H,31,32). The van der Waals surface area contributed by atoms with Crippen molar-refractivity contribution < 1.29 is 29.1 Å². The molecule has 0 saturated carbocycles. The van der Waals surface area contributed by atoms with E-state index in [1.54, 1.807) is 30.3 Å². The summed E-state index contributed by atoms with van der Waals surface area (Å²) in [4.78, 5) is 60.6. The first kappa shape index (κ1) is 29.3. The molecule has 0 aliphatic heterocycles. The van der Waals surface area contributed by atoms with Gasteiger partial charge in [0.2, 0.25) is 23.6 Å². The number of thioether (sulfide) groups is 1. The second kappa shape index (κ2) is 15.2. The summed E-state index contributed by atoms with van der Waals surface area (Å²) in [6.07, 6.45) is 1.74. The molecule has 0 fully saturated rings. The molecule has 0 heterocycles. The molecular weight excluding hydrogens is 482 g/mol. The third kappa shape index (κ3) is 10.4. The first-order valence-electron chi connectivity index (χ1n) is 10.4. The summed E-state index contributed by atoms with van der Waals surface area (Å²) in [7, 11) is 0. The minimum absolute atomic E-state index is 0.0902. The number of carbonyl (C=O) groups is 5. The maximum atomic E-state index is 13.1. The number of carboxylic acid groups (broad SMARTS) is 1. The van der Waals surface area contributed by atoms with E-state index in [0.29, 0.717) is 5.75 Å². The molecule has 4 unspecified atom stereocenters. The molecule has 0 bridgehead atoms. The minimum Gasteiger partial charge on any atom is -0.480 e. The van der Waals surface area contributed by atoms with E-state index in [9.17, 15) is 29.1 Å². The molecule has 0 aliphatic carbocycles. The van der Waals surface area contributed by atoms with Crippen LogP contribution in [0.3, 0.4) is 0 Å². The zero-order valence-corrected chi connectivity index (χ0v) is 20.4. The van der Waals surface area contributed by atoms with Crippen LogP contribution in [-0.4, -0.2) is 76.6 Å². The maximum absolute atomic E-state index is 13.1. The van der Waals surface area contributed by atoms with E-state index in [4.69, 9.17) is 11.5 Å². The molecule has 13 heteroatoms. The molecule has 0 aliphatic rings. The van der Waals surface area contributed by atoms with Crippen molar-refractivity contribution in [2.75, 3.05) is 17.8 Å². The van der Waals surface area contributed by atoms with Gasteiger partial charge in [-0.3, -0.25) is 19.2 Å². The summed E-state index contributed by atoms with van der Waals surface area (Å²) in [5, 5.41) is 16.6. The number of thiol groups is 1. The monoisotopic (exact) mass is 513 g/mol. The lowest BCUT2D eigenvalue weighted by molar-refractivity contribution is -0.141. The first-order valence-corrected chi connectivity index (χ1v) is 12.4. The lowest BCUT2D eigenvalue weighted by Crippen LogP contribution is -2.58. The number of nitrogens with two attached hydrogens (primary N) is 2. The van der Waals surface area contributed by atoms with Gasteiger partial charge in [0.1, 0.15) is 18.1 Å². The number of benzene rings is 1.